The predicted octanol–water partition coefficient (Wildman–Crippen LogP) is 12.3. The number of esters is 4. The molecule has 8 aliphatic rings. The zero-order chi connectivity index (χ0) is 57.0. The lowest BCUT2D eigenvalue weighted by Gasteiger charge is -2.61. The number of ether oxygens (including phenoxy) is 4. The lowest BCUT2D eigenvalue weighted by atomic mass is 9.45. The maximum absolute atomic E-state index is 14.0. The van der Waals surface area contributed by atoms with Gasteiger partial charge < -0.3 is 29.2 Å². The number of fused-ring (bicyclic) bond motifs is 12. The molecule has 0 amide bonds. The van der Waals surface area contributed by atoms with Gasteiger partial charge in [-0.25, -0.2) is 0 Å². The summed E-state index contributed by atoms with van der Waals surface area (Å²) in [4.78, 5) is 77.6. The van der Waals surface area contributed by atoms with Crippen molar-refractivity contribution in [2.75, 3.05) is 13.2 Å². The number of halogens is 2. The number of hydrogen-bond donors (Lipinski definition) is 2. The molecule has 8 aliphatic carbocycles. The summed E-state index contributed by atoms with van der Waals surface area (Å²) in [5.41, 5.74) is 1.47. The number of aromatic nitrogens is 4. The second-order valence-electron chi connectivity index (χ2n) is 25.4. The maximum Gasteiger partial charge on any atom is 0.306 e. The van der Waals surface area contributed by atoms with Gasteiger partial charge in [0.25, 0.3) is 0 Å². The summed E-state index contributed by atoms with van der Waals surface area (Å²) in [6.45, 7) is 18.1. The van der Waals surface area contributed by atoms with Crippen LogP contribution in [0, 0.1) is 69.0 Å². The molecule has 84 heavy (non-hydrogen) atoms. The first-order valence-corrected chi connectivity index (χ1v) is 29.4. The van der Waals surface area contributed by atoms with E-state index >= 15 is 0 Å². The zero-order valence-corrected chi connectivity index (χ0v) is 49.2. The number of rotatable bonds is 12. The van der Waals surface area contributed by atoms with Crippen molar-refractivity contribution in [3.05, 3.63) is 46.1 Å². The van der Waals surface area contributed by atoms with E-state index in [4.69, 9.17) is 42.1 Å². The average molecular weight is 1220 g/mol. The molecule has 2 N–H and O–H groups in total. The number of carbonyl (C=O) groups is 6. The number of allylic oxidation sites excluding steroid dienone is 2. The number of alkyl halides is 2. The molecular formula is C66H106Cl2N4O12. The van der Waals surface area contributed by atoms with E-state index in [1.54, 1.807) is 27.7 Å². The van der Waals surface area contributed by atoms with E-state index in [9.17, 15) is 39.0 Å². The highest BCUT2D eigenvalue weighted by Crippen LogP contribution is 2.72. The van der Waals surface area contributed by atoms with Gasteiger partial charge in [0.15, 0.2) is 24.4 Å². The molecular weight excluding hydrogens is 1110 g/mol. The highest BCUT2D eigenvalue weighted by molar-refractivity contribution is 6.21. The van der Waals surface area contributed by atoms with Gasteiger partial charge in [-0.3, -0.25) is 38.1 Å². The fraction of sp³-hybridized carbons (Fsp3) is 0.758. The van der Waals surface area contributed by atoms with Crippen LogP contribution in [0.2, 0.25) is 0 Å². The van der Waals surface area contributed by atoms with E-state index in [-0.39, 0.29) is 139 Å². The van der Waals surface area contributed by atoms with Crippen LogP contribution < -0.4 is 0 Å². The molecule has 476 valence electrons. The lowest BCUT2D eigenvalue weighted by molar-refractivity contribution is -0.207. The Hall–Kier alpha value is -4.38. The van der Waals surface area contributed by atoms with E-state index in [2.05, 4.69) is 42.4 Å². The molecule has 0 bridgehead atoms. The third kappa shape index (κ3) is 11.1. The van der Waals surface area contributed by atoms with Crippen LogP contribution >= 0.6 is 23.2 Å². The Bertz CT molecular complexity index is 2830. The summed E-state index contributed by atoms with van der Waals surface area (Å²) in [6.07, 6.45) is 12.1. The second-order valence-corrected chi connectivity index (χ2v) is 26.6. The summed E-state index contributed by atoms with van der Waals surface area (Å²) < 4.78 is 26.6. The van der Waals surface area contributed by atoms with Crippen LogP contribution in [0.5, 0.6) is 0 Å². The molecule has 18 heteroatoms. The van der Waals surface area contributed by atoms with Crippen molar-refractivity contribution < 1.29 is 57.9 Å². The topological polar surface area (TPSA) is 215 Å². The fourth-order valence-corrected chi connectivity index (χ4v) is 19.0. The van der Waals surface area contributed by atoms with Crippen molar-refractivity contribution in [1.29, 1.82) is 0 Å². The average Bonchev–Trinajstić information content (AvgIpc) is 1.55. The van der Waals surface area contributed by atoms with Crippen molar-refractivity contribution in [3.8, 4) is 0 Å². The third-order valence-corrected chi connectivity index (χ3v) is 22.3. The quantitative estimate of drug-likeness (QED) is 0.115. The summed E-state index contributed by atoms with van der Waals surface area (Å²) in [5.74, 6) is -3.95. The number of nitrogens with zero attached hydrogens (tertiary/aromatic N) is 4. The molecule has 6 saturated carbocycles. The Morgan fingerprint density at radius 3 is 1.42 bits per heavy atom. The van der Waals surface area contributed by atoms with Gasteiger partial charge in [0.2, 0.25) is 11.6 Å². The smallest absolute Gasteiger partial charge is 0.306 e. The SMILES string of the molecule is C.C.C.C.C.C.CCC(=O)OCC(=O)[C@@]1(OC(=O)CC)[C@H](C)C[C@H]2[C@H]3[C@H]([C@@H](O)C[C@@]21C)[C@@]1(C)Cc2cn(C)nc2C=C1C[C@H]3Cl.CCC(=O)OCC(=O)[C@@]1(OC(=O)CC)[C@H](C)C[C@H]2[C@H]3[C@H]([C@@H](O)C[C@@]21C)[C@@]1(C)Cc2cnn(C)c2C=C1C[C@H]3Cl. The molecule has 0 spiro atoms. The van der Waals surface area contributed by atoms with Crippen LogP contribution in [-0.4, -0.2) is 113 Å². The minimum Gasteiger partial charge on any atom is -0.457 e. The first-order chi connectivity index (χ1) is 36.7. The first kappa shape index (κ1) is 73.9. The monoisotopic (exact) mass is 1220 g/mol. The Morgan fingerprint density at radius 2 is 1.01 bits per heavy atom. The summed E-state index contributed by atoms with van der Waals surface area (Å²) >= 11 is 14.5. The van der Waals surface area contributed by atoms with Gasteiger partial charge in [-0.1, -0.05) is 125 Å². The summed E-state index contributed by atoms with van der Waals surface area (Å²) in [5, 5.41) is 32.6. The molecule has 18 atom stereocenters. The van der Waals surface area contributed by atoms with E-state index in [0.717, 1.165) is 35.4 Å². The highest BCUT2D eigenvalue weighted by atomic mass is 35.5. The van der Waals surface area contributed by atoms with Gasteiger partial charge in [0.1, 0.15) is 0 Å². The molecule has 2 aromatic heterocycles. The van der Waals surface area contributed by atoms with Crippen LogP contribution in [-0.2, 0) is 74.7 Å². The number of aryl methyl sites for hydroxylation is 2. The van der Waals surface area contributed by atoms with Gasteiger partial charge in [0, 0.05) is 79.4 Å². The largest absolute Gasteiger partial charge is 0.457 e. The third-order valence-electron chi connectivity index (χ3n) is 21.4. The maximum atomic E-state index is 14.0. The molecule has 10 rings (SSSR count). The molecule has 0 radical (unpaired) electrons. The number of hydrogen-bond acceptors (Lipinski definition) is 14. The Balaban J connectivity index is 0.000000411. The fourth-order valence-electron chi connectivity index (χ4n) is 18.0. The molecule has 0 aromatic carbocycles. The molecule has 0 saturated heterocycles. The molecule has 0 aliphatic heterocycles. The van der Waals surface area contributed by atoms with Crippen molar-refractivity contribution in [1.82, 2.24) is 19.6 Å². The Labute approximate surface area is 513 Å². The predicted molar refractivity (Wildman–Crippen MR) is 332 cm³/mol. The van der Waals surface area contributed by atoms with Gasteiger partial charge in [0.05, 0.1) is 29.8 Å². The van der Waals surface area contributed by atoms with Crippen LogP contribution in [0.4, 0.5) is 0 Å². The van der Waals surface area contributed by atoms with Gasteiger partial charge >= 0.3 is 23.9 Å². The van der Waals surface area contributed by atoms with Crippen LogP contribution in [0.1, 0.15) is 201 Å². The summed E-state index contributed by atoms with van der Waals surface area (Å²) in [7, 11) is 3.86. The van der Waals surface area contributed by atoms with Gasteiger partial charge in [-0.15, -0.1) is 23.2 Å². The van der Waals surface area contributed by atoms with E-state index in [1.807, 2.05) is 57.4 Å². The molecule has 16 nitrogen and oxygen atoms in total. The van der Waals surface area contributed by atoms with E-state index < -0.39 is 82.9 Å². The van der Waals surface area contributed by atoms with Crippen molar-refractivity contribution >= 4 is 70.8 Å². The molecule has 0 unspecified atom stereocenters. The molecule has 6 fully saturated rings. The van der Waals surface area contributed by atoms with E-state index in [1.165, 1.54) is 11.1 Å². The van der Waals surface area contributed by atoms with Crippen LogP contribution in [0.25, 0.3) is 12.2 Å². The van der Waals surface area contributed by atoms with Crippen molar-refractivity contribution in [2.45, 2.75) is 225 Å². The lowest BCUT2D eigenvalue weighted by Crippen LogP contribution is -2.66. The number of Topliss-reactive ketones (excluding diaryl/α,β-unsaturated/α-hetero) is 2. The van der Waals surface area contributed by atoms with Gasteiger partial charge in [-0.05, 0) is 121 Å². The van der Waals surface area contributed by atoms with Crippen molar-refractivity contribution in [2.24, 2.45) is 83.1 Å². The molecule has 2 aromatic rings. The van der Waals surface area contributed by atoms with Gasteiger partial charge in [-0.2, -0.15) is 10.2 Å². The standard InChI is InChI=1S/2C30H41ClN2O6.6CH4/c1-7-24(36)38-15-23(35)30(39-25(37)8-2)16(3)9-19-26-20(31)10-18-11-21-17(14-33(6)32-21)12-28(18,4)27(26)22(34)13-29(19,30)5;1-7-24(36)38-15-23(35)30(39-25(37)8-2)16(3)9-19-26-20(31)10-18-11-21-17(14-32-33(21)6)12-28(18,4)27(26)22(34)13-29(19,30)5;;;;;;/h2*11,14,16,19-20,22,26-27,34H,7-10,12-13,15H2,1-6H3;6*1H4/t2*16-,19+,20-,22+,26-,27+,28+,29+,30+;;;;;;/m11....../s1. The minimum absolute atomic E-state index is 0. The van der Waals surface area contributed by atoms with E-state index in [0.29, 0.717) is 38.5 Å². The second kappa shape index (κ2) is 26.5. The Morgan fingerprint density at radius 1 is 0.619 bits per heavy atom. The number of aliphatic hydroxyl groups is 2. The minimum atomic E-state index is -1.51. The van der Waals surface area contributed by atoms with Crippen LogP contribution in [0.15, 0.2) is 23.5 Å². The van der Waals surface area contributed by atoms with Crippen molar-refractivity contribution in [3.63, 3.8) is 0 Å². The number of carbonyl (C=O) groups excluding carboxylic acids is 6. The summed E-state index contributed by atoms with van der Waals surface area (Å²) in [6, 6.07) is 0. The van der Waals surface area contributed by atoms with Crippen LogP contribution in [0.3, 0.4) is 0 Å². The first-order valence-electron chi connectivity index (χ1n) is 28.6. The highest BCUT2D eigenvalue weighted by Gasteiger charge is 2.76. The normalized spacial score (nSPS) is 37.6. The zero-order valence-electron chi connectivity index (χ0n) is 47.7. The Kier molecular flexibility index (Phi) is 23.3. The number of ketones is 2. The molecule has 2 heterocycles. The number of aliphatic hydroxyl groups excluding tert-OH is 2.